The van der Waals surface area contributed by atoms with Gasteiger partial charge in [0.25, 0.3) is 0 Å². The predicted octanol–water partition coefficient (Wildman–Crippen LogP) is 3.49. The van der Waals surface area contributed by atoms with Gasteiger partial charge >= 0.3 is 6.18 Å². The van der Waals surface area contributed by atoms with Crippen molar-refractivity contribution in [2.75, 3.05) is 4.43 Å². The van der Waals surface area contributed by atoms with Gasteiger partial charge in [-0.1, -0.05) is 40.8 Å². The standard InChI is InChI=1S/C12H13F3INO/c13-12(14,15)10-6-2-1-4-8(10)9(11(17)18)5-3-7-16/h1-2,4,6,9H,3,5,7H2,(H2,17,18). The molecule has 2 N–H and O–H groups in total. The van der Waals surface area contributed by atoms with E-state index in [0.29, 0.717) is 12.8 Å². The summed E-state index contributed by atoms with van der Waals surface area (Å²) in [5.74, 6) is -1.59. The van der Waals surface area contributed by atoms with Crippen LogP contribution in [-0.4, -0.2) is 10.3 Å². The molecular weight excluding hydrogens is 358 g/mol. The van der Waals surface area contributed by atoms with Crippen LogP contribution in [0.5, 0.6) is 0 Å². The third-order valence-electron chi connectivity index (χ3n) is 2.61. The second kappa shape index (κ2) is 6.40. The molecule has 1 atom stereocenters. The van der Waals surface area contributed by atoms with Crippen LogP contribution in [0.3, 0.4) is 0 Å². The number of nitrogens with two attached hydrogens (primary N) is 1. The third kappa shape index (κ3) is 3.86. The van der Waals surface area contributed by atoms with E-state index in [0.717, 1.165) is 10.5 Å². The lowest BCUT2D eigenvalue weighted by Crippen LogP contribution is -2.24. The van der Waals surface area contributed by atoms with Crippen molar-refractivity contribution in [2.45, 2.75) is 24.9 Å². The number of carbonyl (C=O) groups excluding carboxylic acids is 1. The number of hydrogen-bond acceptors (Lipinski definition) is 1. The first-order chi connectivity index (χ1) is 8.38. The van der Waals surface area contributed by atoms with Crippen LogP contribution >= 0.6 is 22.6 Å². The minimum Gasteiger partial charge on any atom is -0.369 e. The second-order valence-electron chi connectivity index (χ2n) is 3.87. The molecule has 1 aromatic rings. The highest BCUT2D eigenvalue weighted by Crippen LogP contribution is 2.36. The quantitative estimate of drug-likeness (QED) is 0.625. The number of benzene rings is 1. The molecule has 1 rings (SSSR count). The minimum absolute atomic E-state index is 0.0256. The Morgan fingerprint density at radius 3 is 2.44 bits per heavy atom. The molecule has 100 valence electrons. The van der Waals surface area contributed by atoms with Gasteiger partial charge in [-0.25, -0.2) is 0 Å². The summed E-state index contributed by atoms with van der Waals surface area (Å²) in [4.78, 5) is 11.3. The average molecular weight is 371 g/mol. The minimum atomic E-state index is -4.46. The maximum Gasteiger partial charge on any atom is 0.416 e. The zero-order valence-corrected chi connectivity index (χ0v) is 11.7. The van der Waals surface area contributed by atoms with Gasteiger partial charge in [-0.15, -0.1) is 0 Å². The van der Waals surface area contributed by atoms with Crippen molar-refractivity contribution in [3.8, 4) is 0 Å². The van der Waals surface area contributed by atoms with Crippen LogP contribution in [0.25, 0.3) is 0 Å². The van der Waals surface area contributed by atoms with Crippen molar-refractivity contribution < 1.29 is 18.0 Å². The fourth-order valence-electron chi connectivity index (χ4n) is 1.79. The lowest BCUT2D eigenvalue weighted by atomic mass is 9.90. The predicted molar refractivity (Wildman–Crippen MR) is 71.5 cm³/mol. The monoisotopic (exact) mass is 371 g/mol. The first kappa shape index (κ1) is 15.3. The molecule has 0 aliphatic heterocycles. The Bertz CT molecular complexity index is 420. The van der Waals surface area contributed by atoms with E-state index in [9.17, 15) is 18.0 Å². The molecule has 0 aromatic heterocycles. The highest BCUT2D eigenvalue weighted by Gasteiger charge is 2.35. The molecule has 0 bridgehead atoms. The van der Waals surface area contributed by atoms with E-state index in [1.165, 1.54) is 18.2 Å². The van der Waals surface area contributed by atoms with Crippen LogP contribution in [0, 0.1) is 0 Å². The van der Waals surface area contributed by atoms with Crippen LogP contribution in [0.1, 0.15) is 29.9 Å². The summed E-state index contributed by atoms with van der Waals surface area (Å²) in [6.45, 7) is 0. The Labute approximate surface area is 117 Å². The maximum atomic E-state index is 12.8. The van der Waals surface area contributed by atoms with Gasteiger partial charge in [0.05, 0.1) is 11.5 Å². The Kier molecular flexibility index (Phi) is 5.43. The van der Waals surface area contributed by atoms with Crippen LogP contribution < -0.4 is 5.73 Å². The zero-order valence-electron chi connectivity index (χ0n) is 9.51. The van der Waals surface area contributed by atoms with E-state index < -0.39 is 23.6 Å². The molecule has 0 saturated heterocycles. The highest BCUT2D eigenvalue weighted by atomic mass is 127. The first-order valence-corrected chi connectivity index (χ1v) is 6.92. The average Bonchev–Trinajstić information content (AvgIpc) is 2.28. The van der Waals surface area contributed by atoms with Gasteiger partial charge in [-0.2, -0.15) is 13.2 Å². The molecule has 0 saturated carbocycles. The summed E-state index contributed by atoms with van der Waals surface area (Å²) >= 11 is 2.11. The van der Waals surface area contributed by atoms with E-state index in [4.69, 9.17) is 5.73 Å². The smallest absolute Gasteiger partial charge is 0.369 e. The van der Waals surface area contributed by atoms with Crippen molar-refractivity contribution in [3.63, 3.8) is 0 Å². The number of amides is 1. The number of primary amides is 1. The second-order valence-corrected chi connectivity index (χ2v) is 4.95. The van der Waals surface area contributed by atoms with Crippen LogP contribution in [0.4, 0.5) is 13.2 Å². The Balaban J connectivity index is 3.16. The van der Waals surface area contributed by atoms with E-state index in [1.807, 2.05) is 0 Å². The number of hydrogen-bond donors (Lipinski definition) is 1. The normalized spacial score (nSPS) is 13.3. The van der Waals surface area contributed by atoms with Crippen molar-refractivity contribution in [1.82, 2.24) is 0 Å². The topological polar surface area (TPSA) is 43.1 Å². The summed E-state index contributed by atoms with van der Waals surface area (Å²) in [5, 5.41) is 0. The van der Waals surface area contributed by atoms with E-state index >= 15 is 0 Å². The number of alkyl halides is 4. The fraction of sp³-hybridized carbons (Fsp3) is 0.417. The van der Waals surface area contributed by atoms with Crippen molar-refractivity contribution in [1.29, 1.82) is 0 Å². The molecule has 2 nitrogen and oxygen atoms in total. The van der Waals surface area contributed by atoms with Crippen molar-refractivity contribution >= 4 is 28.5 Å². The van der Waals surface area contributed by atoms with E-state index in [1.54, 1.807) is 0 Å². The fourth-order valence-corrected chi connectivity index (χ4v) is 2.23. The SMILES string of the molecule is NC(=O)C(CCCI)c1ccccc1C(F)(F)F. The van der Waals surface area contributed by atoms with E-state index in [-0.39, 0.29) is 5.56 Å². The molecule has 0 fully saturated rings. The zero-order chi connectivity index (χ0) is 13.8. The highest BCUT2D eigenvalue weighted by molar-refractivity contribution is 14.1. The molecule has 1 amide bonds. The maximum absolute atomic E-state index is 12.8. The lowest BCUT2D eigenvalue weighted by molar-refractivity contribution is -0.138. The third-order valence-corrected chi connectivity index (χ3v) is 3.37. The van der Waals surface area contributed by atoms with Crippen LogP contribution in [-0.2, 0) is 11.0 Å². The largest absolute Gasteiger partial charge is 0.416 e. The van der Waals surface area contributed by atoms with Crippen LogP contribution in [0.15, 0.2) is 24.3 Å². The number of rotatable bonds is 5. The summed E-state index contributed by atoms with van der Waals surface area (Å²) in [7, 11) is 0. The molecule has 18 heavy (non-hydrogen) atoms. The number of carbonyl (C=O) groups is 1. The lowest BCUT2D eigenvalue weighted by Gasteiger charge is -2.18. The molecular formula is C12H13F3INO. The molecule has 0 heterocycles. The molecule has 6 heteroatoms. The summed E-state index contributed by atoms with van der Waals surface area (Å²) in [5.41, 5.74) is 4.41. The molecule has 0 radical (unpaired) electrons. The van der Waals surface area contributed by atoms with Gasteiger partial charge in [0.2, 0.25) is 5.91 Å². The Morgan fingerprint density at radius 2 is 1.94 bits per heavy atom. The molecule has 0 aliphatic carbocycles. The number of halogens is 4. The Hall–Kier alpha value is -0.790. The molecule has 0 aliphatic rings. The van der Waals surface area contributed by atoms with Crippen molar-refractivity contribution in [2.24, 2.45) is 5.73 Å². The van der Waals surface area contributed by atoms with Gasteiger partial charge in [0.15, 0.2) is 0 Å². The van der Waals surface area contributed by atoms with Gasteiger partial charge < -0.3 is 5.73 Å². The first-order valence-electron chi connectivity index (χ1n) is 5.39. The van der Waals surface area contributed by atoms with Crippen LogP contribution in [0.2, 0.25) is 0 Å². The summed E-state index contributed by atoms with van der Waals surface area (Å²) < 4.78 is 39.3. The molecule has 0 spiro atoms. The summed E-state index contributed by atoms with van der Waals surface area (Å²) in [6, 6.07) is 5.11. The molecule has 1 aromatic carbocycles. The Morgan fingerprint density at radius 1 is 1.33 bits per heavy atom. The van der Waals surface area contributed by atoms with Gasteiger partial charge in [-0.3, -0.25) is 4.79 Å². The van der Waals surface area contributed by atoms with E-state index in [2.05, 4.69) is 22.6 Å². The summed E-state index contributed by atoms with van der Waals surface area (Å²) in [6.07, 6.45) is -3.47. The molecule has 1 unspecified atom stereocenters. The van der Waals surface area contributed by atoms with Crippen molar-refractivity contribution in [3.05, 3.63) is 35.4 Å². The van der Waals surface area contributed by atoms with Gasteiger partial charge in [0, 0.05) is 0 Å². The van der Waals surface area contributed by atoms with Gasteiger partial charge in [-0.05, 0) is 28.9 Å². The van der Waals surface area contributed by atoms with Gasteiger partial charge in [0.1, 0.15) is 0 Å².